The van der Waals surface area contributed by atoms with Gasteiger partial charge in [0.05, 0.1) is 12.2 Å². The summed E-state index contributed by atoms with van der Waals surface area (Å²) in [5.74, 6) is 2.25. The molecule has 0 amide bonds. The number of rotatable bonds is 3. The lowest BCUT2D eigenvalue weighted by atomic mass is 9.73. The van der Waals surface area contributed by atoms with Crippen molar-refractivity contribution in [2.24, 2.45) is 17.8 Å². The van der Waals surface area contributed by atoms with E-state index in [2.05, 4.69) is 33.1 Å². The predicted molar refractivity (Wildman–Crippen MR) is 72.1 cm³/mol. The molecule has 2 rings (SSSR count). The van der Waals surface area contributed by atoms with Crippen LogP contribution >= 0.6 is 0 Å². The number of hydrogen-bond acceptors (Lipinski definition) is 2. The van der Waals surface area contributed by atoms with Gasteiger partial charge in [-0.1, -0.05) is 26.2 Å². The van der Waals surface area contributed by atoms with Crippen LogP contribution in [-0.2, 0) is 4.74 Å². The van der Waals surface area contributed by atoms with Crippen molar-refractivity contribution in [3.8, 4) is 0 Å². The van der Waals surface area contributed by atoms with Gasteiger partial charge in [-0.3, -0.25) is 0 Å². The lowest BCUT2D eigenvalue weighted by Crippen LogP contribution is -2.45. The second-order valence-electron chi connectivity index (χ2n) is 6.20. The van der Waals surface area contributed by atoms with Crippen LogP contribution in [0.5, 0.6) is 0 Å². The first kappa shape index (κ1) is 13.4. The second-order valence-corrected chi connectivity index (χ2v) is 6.20. The fourth-order valence-corrected chi connectivity index (χ4v) is 4.15. The number of ether oxygens (including phenoxy) is 1. The van der Waals surface area contributed by atoms with Crippen LogP contribution < -0.4 is 5.32 Å². The third kappa shape index (κ3) is 2.68. The van der Waals surface area contributed by atoms with E-state index in [1.165, 1.54) is 32.1 Å². The van der Waals surface area contributed by atoms with Gasteiger partial charge in [-0.05, 0) is 45.6 Å². The van der Waals surface area contributed by atoms with Crippen LogP contribution in [-0.4, -0.2) is 25.3 Å². The second kappa shape index (κ2) is 5.71. The monoisotopic (exact) mass is 239 g/mol. The average Bonchev–Trinajstić information content (AvgIpc) is 2.58. The molecule has 0 aromatic carbocycles. The molecule has 5 atom stereocenters. The smallest absolute Gasteiger partial charge is 0.0597 e. The summed E-state index contributed by atoms with van der Waals surface area (Å²) >= 11 is 0. The fourth-order valence-electron chi connectivity index (χ4n) is 4.15. The minimum Gasteiger partial charge on any atom is -0.375 e. The van der Waals surface area contributed by atoms with E-state index in [-0.39, 0.29) is 0 Å². The molecular weight excluding hydrogens is 210 g/mol. The van der Waals surface area contributed by atoms with Gasteiger partial charge in [0.2, 0.25) is 0 Å². The van der Waals surface area contributed by atoms with Gasteiger partial charge in [-0.2, -0.15) is 0 Å². The molecule has 1 aliphatic heterocycles. The van der Waals surface area contributed by atoms with E-state index in [1.54, 1.807) is 0 Å². The molecule has 0 spiro atoms. The molecule has 1 saturated carbocycles. The molecular formula is C15H29NO. The zero-order valence-corrected chi connectivity index (χ0v) is 11.9. The summed E-state index contributed by atoms with van der Waals surface area (Å²) in [6, 6.07) is 0.658. The van der Waals surface area contributed by atoms with Crippen molar-refractivity contribution in [2.75, 3.05) is 7.05 Å². The van der Waals surface area contributed by atoms with Crippen molar-refractivity contribution in [3.63, 3.8) is 0 Å². The molecule has 1 aliphatic carbocycles. The molecule has 1 N–H and O–H groups in total. The zero-order chi connectivity index (χ0) is 12.4. The van der Waals surface area contributed by atoms with Crippen molar-refractivity contribution >= 4 is 0 Å². The van der Waals surface area contributed by atoms with E-state index in [9.17, 15) is 0 Å². The van der Waals surface area contributed by atoms with Crippen molar-refractivity contribution in [1.29, 1.82) is 0 Å². The maximum atomic E-state index is 6.02. The lowest BCUT2D eigenvalue weighted by molar-refractivity contribution is 0.0434. The standard InChI is InChI=1S/C15H29NO/c1-10-11(2)17-12(3)14(10)15(16-4)13-8-6-5-7-9-13/h10-16H,5-9H2,1-4H3. The van der Waals surface area contributed by atoms with Crippen LogP contribution in [0.3, 0.4) is 0 Å². The molecule has 0 bridgehead atoms. The molecule has 0 radical (unpaired) electrons. The highest BCUT2D eigenvalue weighted by molar-refractivity contribution is 4.94. The van der Waals surface area contributed by atoms with Gasteiger partial charge in [0.1, 0.15) is 0 Å². The Hall–Kier alpha value is -0.0800. The predicted octanol–water partition coefficient (Wildman–Crippen LogP) is 3.21. The summed E-state index contributed by atoms with van der Waals surface area (Å²) in [6.45, 7) is 6.86. The zero-order valence-electron chi connectivity index (χ0n) is 11.9. The highest BCUT2D eigenvalue weighted by atomic mass is 16.5. The molecule has 100 valence electrons. The van der Waals surface area contributed by atoms with E-state index in [0.717, 1.165) is 5.92 Å². The van der Waals surface area contributed by atoms with Crippen LogP contribution in [0.4, 0.5) is 0 Å². The van der Waals surface area contributed by atoms with Crippen molar-refractivity contribution in [2.45, 2.75) is 71.1 Å². The number of nitrogens with one attached hydrogen (secondary N) is 1. The summed E-state index contributed by atoms with van der Waals surface area (Å²) in [5, 5.41) is 3.62. The molecule has 5 unspecified atom stereocenters. The summed E-state index contributed by atoms with van der Waals surface area (Å²) in [5.41, 5.74) is 0. The molecule has 1 heterocycles. The summed E-state index contributed by atoms with van der Waals surface area (Å²) < 4.78 is 6.02. The van der Waals surface area contributed by atoms with Gasteiger partial charge in [0, 0.05) is 12.0 Å². The Morgan fingerprint density at radius 3 is 2.12 bits per heavy atom. The van der Waals surface area contributed by atoms with E-state index in [1.807, 2.05) is 0 Å². The Kier molecular flexibility index (Phi) is 4.48. The third-order valence-electron chi connectivity index (χ3n) is 5.22. The van der Waals surface area contributed by atoms with E-state index in [4.69, 9.17) is 4.74 Å². The third-order valence-corrected chi connectivity index (χ3v) is 5.22. The Bertz CT molecular complexity index is 237. The molecule has 0 aromatic rings. The average molecular weight is 239 g/mol. The van der Waals surface area contributed by atoms with Crippen molar-refractivity contribution in [3.05, 3.63) is 0 Å². The van der Waals surface area contributed by atoms with Crippen molar-refractivity contribution in [1.82, 2.24) is 5.32 Å². The normalized spacial score (nSPS) is 41.6. The molecule has 2 heteroatoms. The highest BCUT2D eigenvalue weighted by Crippen LogP contribution is 2.39. The van der Waals surface area contributed by atoms with Crippen molar-refractivity contribution < 1.29 is 4.74 Å². The minimum atomic E-state index is 0.416. The van der Waals surface area contributed by atoms with Gasteiger partial charge >= 0.3 is 0 Å². The number of hydrogen-bond donors (Lipinski definition) is 1. The fraction of sp³-hybridized carbons (Fsp3) is 1.00. The molecule has 2 fully saturated rings. The summed E-state index contributed by atoms with van der Waals surface area (Å²) in [7, 11) is 2.14. The van der Waals surface area contributed by atoms with Gasteiger partial charge in [0.15, 0.2) is 0 Å². The first-order valence-electron chi connectivity index (χ1n) is 7.48. The summed E-state index contributed by atoms with van der Waals surface area (Å²) in [4.78, 5) is 0. The highest BCUT2D eigenvalue weighted by Gasteiger charge is 2.43. The topological polar surface area (TPSA) is 21.3 Å². The van der Waals surface area contributed by atoms with Crippen LogP contribution in [0.1, 0.15) is 52.9 Å². The molecule has 2 nitrogen and oxygen atoms in total. The first-order valence-corrected chi connectivity index (χ1v) is 7.48. The quantitative estimate of drug-likeness (QED) is 0.816. The molecule has 1 saturated heterocycles. The van der Waals surface area contributed by atoms with E-state index in [0.29, 0.717) is 30.1 Å². The van der Waals surface area contributed by atoms with E-state index >= 15 is 0 Å². The molecule has 2 aliphatic rings. The van der Waals surface area contributed by atoms with Gasteiger partial charge in [-0.25, -0.2) is 0 Å². The van der Waals surface area contributed by atoms with Gasteiger partial charge < -0.3 is 10.1 Å². The Morgan fingerprint density at radius 1 is 1.00 bits per heavy atom. The van der Waals surface area contributed by atoms with E-state index < -0.39 is 0 Å². The van der Waals surface area contributed by atoms with Crippen LogP contribution in [0, 0.1) is 17.8 Å². The Morgan fingerprint density at radius 2 is 1.65 bits per heavy atom. The maximum absolute atomic E-state index is 6.02. The minimum absolute atomic E-state index is 0.416. The van der Waals surface area contributed by atoms with Gasteiger partial charge in [-0.15, -0.1) is 0 Å². The van der Waals surface area contributed by atoms with Crippen LogP contribution in [0.25, 0.3) is 0 Å². The van der Waals surface area contributed by atoms with Crippen LogP contribution in [0.15, 0.2) is 0 Å². The molecule has 17 heavy (non-hydrogen) atoms. The Labute approximate surface area is 107 Å². The lowest BCUT2D eigenvalue weighted by Gasteiger charge is -2.37. The Balaban J connectivity index is 2.06. The maximum Gasteiger partial charge on any atom is 0.0597 e. The van der Waals surface area contributed by atoms with Gasteiger partial charge in [0.25, 0.3) is 0 Å². The summed E-state index contributed by atoms with van der Waals surface area (Å²) in [6.07, 6.45) is 7.96. The van der Waals surface area contributed by atoms with Crippen LogP contribution in [0.2, 0.25) is 0 Å². The first-order chi connectivity index (χ1) is 8.15. The SMILES string of the molecule is CNC(C1CCCCC1)C1C(C)OC(C)C1C. The molecule has 0 aromatic heterocycles. The largest absolute Gasteiger partial charge is 0.375 e.